The topological polar surface area (TPSA) is 47.5 Å². The molecule has 0 bridgehead atoms. The van der Waals surface area contributed by atoms with Crippen LogP contribution in [0, 0.1) is 5.92 Å². The van der Waals surface area contributed by atoms with E-state index < -0.39 is 11.4 Å². The van der Waals surface area contributed by atoms with Crippen LogP contribution in [0.3, 0.4) is 0 Å². The molecule has 1 atom stereocenters. The van der Waals surface area contributed by atoms with E-state index >= 15 is 0 Å². The van der Waals surface area contributed by atoms with Gasteiger partial charge in [0.05, 0.1) is 6.21 Å². The van der Waals surface area contributed by atoms with E-state index in [0.717, 1.165) is 25.9 Å². The van der Waals surface area contributed by atoms with Crippen molar-refractivity contribution < 1.29 is 4.55 Å². The Morgan fingerprint density at radius 3 is 2.43 bits per heavy atom. The van der Waals surface area contributed by atoms with Crippen molar-refractivity contribution in [3.05, 3.63) is 0 Å². The van der Waals surface area contributed by atoms with Gasteiger partial charge in [-0.3, -0.25) is 0 Å². The highest BCUT2D eigenvalue weighted by Gasteiger charge is 2.26. The van der Waals surface area contributed by atoms with Crippen LogP contribution in [0.1, 0.15) is 33.6 Å². The maximum absolute atomic E-state index is 11.6. The molecule has 1 fully saturated rings. The number of nitrogens with one attached hydrogen (secondary N) is 1. The molecule has 1 N–H and O–H groups in total. The largest absolute Gasteiger partial charge is 0.591 e. The Bertz CT molecular complexity index is 195. The number of nitrogens with zero attached hydrogens (tertiary/aromatic N) is 1. The zero-order valence-electron chi connectivity index (χ0n) is 9.25. The molecule has 14 heavy (non-hydrogen) atoms. The Morgan fingerprint density at radius 2 is 1.93 bits per heavy atom. The summed E-state index contributed by atoms with van der Waals surface area (Å²) in [6, 6.07) is 0. The molecular weight excluding hydrogens is 196 g/mol. The lowest BCUT2D eigenvalue weighted by molar-refractivity contribution is 0.462. The number of rotatable bonds is 2. The van der Waals surface area contributed by atoms with Gasteiger partial charge in [0, 0.05) is 5.92 Å². The Labute approximate surface area is 89.7 Å². The summed E-state index contributed by atoms with van der Waals surface area (Å²) in [4.78, 5) is 0. The summed E-state index contributed by atoms with van der Waals surface area (Å²) in [7, 11) is 0. The molecule has 82 valence electrons. The molecule has 0 aromatic rings. The number of hydrogen-bond donors (Lipinski definition) is 1. The Hall–Kier alpha value is -0.0600. The van der Waals surface area contributed by atoms with Gasteiger partial charge in [0.15, 0.2) is 0 Å². The fraction of sp³-hybridized carbons (Fsp3) is 0.900. The molecule has 1 unspecified atom stereocenters. The third kappa shape index (κ3) is 3.98. The van der Waals surface area contributed by atoms with Crippen molar-refractivity contribution in [3.63, 3.8) is 0 Å². The van der Waals surface area contributed by atoms with Crippen molar-refractivity contribution in [2.75, 3.05) is 13.1 Å². The molecule has 0 aromatic carbocycles. The van der Waals surface area contributed by atoms with Crippen molar-refractivity contribution in [3.8, 4) is 0 Å². The zero-order chi connectivity index (χ0) is 10.6. The van der Waals surface area contributed by atoms with Crippen molar-refractivity contribution in [1.82, 2.24) is 5.32 Å². The molecule has 1 aliphatic rings. The first-order valence-corrected chi connectivity index (χ1v) is 6.28. The van der Waals surface area contributed by atoms with Crippen LogP contribution in [-0.4, -0.2) is 28.6 Å². The second kappa shape index (κ2) is 5.14. The van der Waals surface area contributed by atoms with Gasteiger partial charge in [-0.15, -0.1) is 0 Å². The van der Waals surface area contributed by atoms with Crippen molar-refractivity contribution >= 4 is 17.6 Å². The molecule has 0 radical (unpaired) electrons. The van der Waals surface area contributed by atoms with Gasteiger partial charge in [-0.2, -0.15) is 0 Å². The molecule has 1 rings (SSSR count). The highest BCUT2D eigenvalue weighted by Crippen LogP contribution is 2.18. The molecule has 4 heteroatoms. The number of piperidine rings is 1. The Balaban J connectivity index is 2.38. The standard InChI is InChI=1S/C10H20N2OS/c1-10(2,3)14(13)12-8-9-4-6-11-7-5-9/h8-9,11H,4-7H2,1-3H3. The quantitative estimate of drug-likeness (QED) is 0.562. The van der Waals surface area contributed by atoms with Crippen LogP contribution in [-0.2, 0) is 11.4 Å². The normalized spacial score (nSPS) is 22.9. The minimum absolute atomic E-state index is 0.233. The highest BCUT2D eigenvalue weighted by molar-refractivity contribution is 7.91. The molecule has 3 nitrogen and oxygen atoms in total. The fourth-order valence-electron chi connectivity index (χ4n) is 1.29. The summed E-state index contributed by atoms with van der Waals surface area (Å²) >= 11 is -1.09. The summed E-state index contributed by atoms with van der Waals surface area (Å²) in [6.07, 6.45) is 4.12. The summed E-state index contributed by atoms with van der Waals surface area (Å²) < 4.78 is 15.5. The average molecular weight is 216 g/mol. The molecule has 0 aromatic heterocycles. The Kier molecular flexibility index (Phi) is 4.41. The highest BCUT2D eigenvalue weighted by atomic mass is 32.2. The lowest BCUT2D eigenvalue weighted by atomic mass is 10.0. The monoisotopic (exact) mass is 216 g/mol. The predicted molar refractivity (Wildman–Crippen MR) is 62.0 cm³/mol. The second-order valence-corrected chi connectivity index (χ2v) is 6.64. The first kappa shape index (κ1) is 12.0. The van der Waals surface area contributed by atoms with Gasteiger partial charge in [0.1, 0.15) is 16.1 Å². The summed E-state index contributed by atoms with van der Waals surface area (Å²) in [5.41, 5.74) is 0. The van der Waals surface area contributed by atoms with E-state index in [4.69, 9.17) is 0 Å². The fourth-order valence-corrected chi connectivity index (χ4v) is 1.89. The van der Waals surface area contributed by atoms with Crippen LogP contribution in [0.15, 0.2) is 4.40 Å². The molecule has 1 heterocycles. The second-order valence-electron chi connectivity index (χ2n) is 4.70. The molecule has 0 amide bonds. The molecule has 0 spiro atoms. The predicted octanol–water partition coefficient (Wildman–Crippen LogP) is 1.52. The van der Waals surface area contributed by atoms with Gasteiger partial charge >= 0.3 is 0 Å². The van der Waals surface area contributed by atoms with Crippen LogP contribution in [0.4, 0.5) is 0 Å². The van der Waals surface area contributed by atoms with E-state index in [1.54, 1.807) is 0 Å². The van der Waals surface area contributed by atoms with Crippen LogP contribution < -0.4 is 5.32 Å². The van der Waals surface area contributed by atoms with E-state index in [0.29, 0.717) is 5.92 Å². The molecule has 1 aliphatic heterocycles. The molecular formula is C10H20N2OS. The maximum atomic E-state index is 11.6. The summed E-state index contributed by atoms with van der Waals surface area (Å²) in [5.74, 6) is 0.516. The minimum atomic E-state index is -1.09. The van der Waals surface area contributed by atoms with E-state index in [1.807, 2.05) is 27.0 Å². The lowest BCUT2D eigenvalue weighted by Gasteiger charge is -2.21. The molecule has 0 saturated carbocycles. The van der Waals surface area contributed by atoms with Crippen molar-refractivity contribution in [1.29, 1.82) is 0 Å². The third-order valence-electron chi connectivity index (χ3n) is 2.28. The molecule has 0 aliphatic carbocycles. The smallest absolute Gasteiger partial charge is 0.144 e. The SMILES string of the molecule is CC(C)(C)[S+]([O-])N=CC1CCNCC1. The lowest BCUT2D eigenvalue weighted by Crippen LogP contribution is -2.30. The van der Waals surface area contributed by atoms with E-state index in [9.17, 15) is 4.55 Å². The summed E-state index contributed by atoms with van der Waals surface area (Å²) in [5, 5.41) is 3.30. The van der Waals surface area contributed by atoms with Gasteiger partial charge in [0.25, 0.3) is 0 Å². The van der Waals surface area contributed by atoms with E-state index in [-0.39, 0.29) is 4.75 Å². The first-order valence-electron chi connectivity index (χ1n) is 5.17. The van der Waals surface area contributed by atoms with E-state index in [1.165, 1.54) is 0 Å². The van der Waals surface area contributed by atoms with Gasteiger partial charge in [0.2, 0.25) is 0 Å². The van der Waals surface area contributed by atoms with Crippen LogP contribution in [0.5, 0.6) is 0 Å². The van der Waals surface area contributed by atoms with Crippen LogP contribution in [0.25, 0.3) is 0 Å². The van der Waals surface area contributed by atoms with Gasteiger partial charge in [-0.05, 0) is 46.7 Å². The van der Waals surface area contributed by atoms with Crippen LogP contribution >= 0.6 is 0 Å². The van der Waals surface area contributed by atoms with Gasteiger partial charge in [-0.1, -0.05) is 4.40 Å². The van der Waals surface area contributed by atoms with Crippen molar-refractivity contribution in [2.24, 2.45) is 10.3 Å². The number of hydrogen-bond acceptors (Lipinski definition) is 3. The third-order valence-corrected chi connectivity index (χ3v) is 3.64. The zero-order valence-corrected chi connectivity index (χ0v) is 10.1. The Morgan fingerprint density at radius 1 is 1.36 bits per heavy atom. The van der Waals surface area contributed by atoms with E-state index in [2.05, 4.69) is 9.71 Å². The maximum Gasteiger partial charge on any atom is 0.144 e. The van der Waals surface area contributed by atoms with Gasteiger partial charge < -0.3 is 9.87 Å². The van der Waals surface area contributed by atoms with Crippen LogP contribution in [0.2, 0.25) is 0 Å². The average Bonchev–Trinajstić information content (AvgIpc) is 2.14. The van der Waals surface area contributed by atoms with Crippen molar-refractivity contribution in [2.45, 2.75) is 38.4 Å². The summed E-state index contributed by atoms with van der Waals surface area (Å²) in [6.45, 7) is 7.95. The van der Waals surface area contributed by atoms with Gasteiger partial charge in [-0.25, -0.2) is 0 Å². The molecule has 1 saturated heterocycles. The minimum Gasteiger partial charge on any atom is -0.591 e. The first-order chi connectivity index (χ1) is 6.50.